The van der Waals surface area contributed by atoms with Gasteiger partial charge in [0.1, 0.15) is 11.5 Å². The molecule has 178 valence electrons. The predicted molar refractivity (Wildman–Crippen MR) is 138 cm³/mol. The van der Waals surface area contributed by atoms with Crippen molar-refractivity contribution in [3.05, 3.63) is 114 Å². The van der Waals surface area contributed by atoms with E-state index >= 15 is 0 Å². The van der Waals surface area contributed by atoms with E-state index in [0.29, 0.717) is 23.5 Å². The molecule has 0 heterocycles. The molecule has 4 aromatic rings. The van der Waals surface area contributed by atoms with Crippen LogP contribution in [0.4, 0.5) is 11.4 Å². The zero-order valence-electron chi connectivity index (χ0n) is 19.3. The summed E-state index contributed by atoms with van der Waals surface area (Å²) in [4.78, 5) is 12.5. The maximum absolute atomic E-state index is 12.6. The van der Waals surface area contributed by atoms with Gasteiger partial charge in [0.2, 0.25) is 5.91 Å². The summed E-state index contributed by atoms with van der Waals surface area (Å²) < 4.78 is 33.5. The van der Waals surface area contributed by atoms with Gasteiger partial charge in [0, 0.05) is 17.8 Å². The van der Waals surface area contributed by atoms with E-state index in [9.17, 15) is 13.2 Å². The molecule has 0 aliphatic heterocycles. The fourth-order valence-corrected chi connectivity index (χ4v) is 4.44. The molecule has 35 heavy (non-hydrogen) atoms. The number of rotatable bonds is 9. The molecule has 4 aromatic carbocycles. The summed E-state index contributed by atoms with van der Waals surface area (Å²) >= 11 is 0. The molecule has 6 nitrogen and oxygen atoms in total. The molecule has 2 N–H and O–H groups in total. The first-order valence-electron chi connectivity index (χ1n) is 11.2. The van der Waals surface area contributed by atoms with Crippen LogP contribution in [0.5, 0.6) is 11.5 Å². The Kier molecular flexibility index (Phi) is 7.48. The Balaban J connectivity index is 1.27. The summed E-state index contributed by atoms with van der Waals surface area (Å²) in [6, 6.07) is 30.3. The van der Waals surface area contributed by atoms with Crippen molar-refractivity contribution in [2.24, 2.45) is 0 Å². The normalized spacial score (nSPS) is 11.0. The average Bonchev–Trinajstić information content (AvgIpc) is 2.86. The average molecular weight is 487 g/mol. The van der Waals surface area contributed by atoms with Crippen LogP contribution in [0.2, 0.25) is 0 Å². The smallest absolute Gasteiger partial charge is 0.261 e. The van der Waals surface area contributed by atoms with Crippen molar-refractivity contribution in [3.63, 3.8) is 0 Å². The van der Waals surface area contributed by atoms with Crippen LogP contribution in [0.3, 0.4) is 0 Å². The topological polar surface area (TPSA) is 84.5 Å². The molecule has 0 aromatic heterocycles. The van der Waals surface area contributed by atoms with Gasteiger partial charge in [0.05, 0.1) is 4.90 Å². The van der Waals surface area contributed by atoms with Gasteiger partial charge in [-0.15, -0.1) is 0 Å². The van der Waals surface area contributed by atoms with E-state index in [1.165, 1.54) is 0 Å². The highest BCUT2D eigenvalue weighted by Crippen LogP contribution is 2.23. The zero-order chi connectivity index (χ0) is 24.7. The first-order chi connectivity index (χ1) is 16.9. The monoisotopic (exact) mass is 486 g/mol. The Labute approximate surface area is 205 Å². The van der Waals surface area contributed by atoms with Crippen LogP contribution >= 0.6 is 0 Å². The molecular weight excluding hydrogens is 460 g/mol. The minimum Gasteiger partial charge on any atom is -0.457 e. The van der Waals surface area contributed by atoms with E-state index in [1.54, 1.807) is 60.7 Å². The number of carbonyl (C=O) groups excluding carboxylic acids is 1. The number of sulfonamides is 1. The lowest BCUT2D eigenvalue weighted by atomic mass is 10.1. The molecule has 0 spiro atoms. The van der Waals surface area contributed by atoms with Crippen LogP contribution in [0.15, 0.2) is 108 Å². The molecule has 0 unspecified atom stereocenters. The Bertz CT molecular complexity index is 1370. The highest BCUT2D eigenvalue weighted by molar-refractivity contribution is 7.92. The number of anilines is 2. The fourth-order valence-electron chi connectivity index (χ4n) is 3.38. The molecule has 0 saturated carbocycles. The van der Waals surface area contributed by atoms with Gasteiger partial charge in [0.15, 0.2) is 0 Å². The summed E-state index contributed by atoms with van der Waals surface area (Å²) in [6.07, 6.45) is 0.767. The van der Waals surface area contributed by atoms with Crippen LogP contribution in [0.1, 0.15) is 17.5 Å². The Morgan fingerprint density at radius 2 is 1.34 bits per heavy atom. The number of carbonyl (C=O) groups is 1. The number of para-hydroxylation sites is 1. The third kappa shape index (κ3) is 6.94. The number of ether oxygens (including phenoxy) is 1. The largest absolute Gasteiger partial charge is 0.457 e. The Hall–Kier alpha value is -4.10. The number of aryl methyl sites for hydroxylation is 2. The number of amides is 1. The van der Waals surface area contributed by atoms with Crippen molar-refractivity contribution in [1.82, 2.24) is 0 Å². The van der Waals surface area contributed by atoms with Gasteiger partial charge in [-0.25, -0.2) is 8.42 Å². The highest BCUT2D eigenvalue weighted by atomic mass is 32.2. The molecule has 0 aliphatic rings. The highest BCUT2D eigenvalue weighted by Gasteiger charge is 2.14. The first-order valence-corrected chi connectivity index (χ1v) is 12.7. The Morgan fingerprint density at radius 3 is 2.00 bits per heavy atom. The van der Waals surface area contributed by atoms with Crippen LogP contribution in [0, 0.1) is 6.92 Å². The summed E-state index contributed by atoms with van der Waals surface area (Å²) in [5.41, 5.74) is 3.12. The molecule has 4 rings (SSSR count). The van der Waals surface area contributed by atoms with Gasteiger partial charge in [-0.2, -0.15) is 0 Å². The predicted octanol–water partition coefficient (Wildman–Crippen LogP) is 6.16. The molecule has 0 bridgehead atoms. The van der Waals surface area contributed by atoms with Gasteiger partial charge < -0.3 is 10.1 Å². The lowest BCUT2D eigenvalue weighted by Crippen LogP contribution is -2.13. The molecule has 0 atom stereocenters. The standard InChI is InChI=1S/C28H26N2O4S/c1-21-7-12-24(13-8-21)30-35(32,33)27-18-9-22(10-19-27)11-20-28(31)29-23-14-16-26(17-15-23)34-25-5-3-2-4-6-25/h2-10,12-19,30H,11,20H2,1H3,(H,29,31). The minimum absolute atomic E-state index is 0.125. The van der Waals surface area contributed by atoms with Crippen molar-refractivity contribution in [3.8, 4) is 11.5 Å². The van der Waals surface area contributed by atoms with Crippen molar-refractivity contribution >= 4 is 27.3 Å². The summed E-state index contributed by atoms with van der Waals surface area (Å²) in [6.45, 7) is 1.94. The van der Waals surface area contributed by atoms with E-state index in [2.05, 4.69) is 10.0 Å². The maximum Gasteiger partial charge on any atom is 0.261 e. The maximum atomic E-state index is 12.6. The van der Waals surface area contributed by atoms with Crippen LogP contribution in [-0.2, 0) is 21.2 Å². The minimum atomic E-state index is -3.68. The number of nitrogens with one attached hydrogen (secondary N) is 2. The molecule has 0 radical (unpaired) electrons. The second kappa shape index (κ2) is 10.9. The van der Waals surface area contributed by atoms with Crippen molar-refractivity contribution in [2.75, 3.05) is 10.0 Å². The quantitative estimate of drug-likeness (QED) is 0.297. The fraction of sp³-hybridized carbons (Fsp3) is 0.107. The number of benzene rings is 4. The van der Waals surface area contributed by atoms with E-state index < -0.39 is 10.0 Å². The molecule has 1 amide bonds. The van der Waals surface area contributed by atoms with E-state index in [4.69, 9.17) is 4.74 Å². The van der Waals surface area contributed by atoms with Crippen molar-refractivity contribution in [2.45, 2.75) is 24.7 Å². The molecule has 0 fully saturated rings. The molecule has 0 aliphatic carbocycles. The summed E-state index contributed by atoms with van der Waals surface area (Å²) in [5, 5.41) is 2.87. The molecule has 7 heteroatoms. The number of hydrogen-bond acceptors (Lipinski definition) is 4. The summed E-state index contributed by atoms with van der Waals surface area (Å²) in [5.74, 6) is 1.30. The lowest BCUT2D eigenvalue weighted by molar-refractivity contribution is -0.116. The van der Waals surface area contributed by atoms with Gasteiger partial charge in [-0.3, -0.25) is 9.52 Å². The first kappa shape index (κ1) is 24.0. The van der Waals surface area contributed by atoms with Crippen molar-refractivity contribution in [1.29, 1.82) is 0 Å². The second-order valence-electron chi connectivity index (χ2n) is 8.10. The third-order valence-corrected chi connectivity index (χ3v) is 6.69. The second-order valence-corrected chi connectivity index (χ2v) is 9.79. The zero-order valence-corrected chi connectivity index (χ0v) is 20.1. The van der Waals surface area contributed by atoms with Crippen molar-refractivity contribution < 1.29 is 17.9 Å². The third-order valence-electron chi connectivity index (χ3n) is 5.30. The van der Waals surface area contributed by atoms with E-state index in [-0.39, 0.29) is 17.2 Å². The molecule has 0 saturated heterocycles. The molecular formula is C28H26N2O4S. The van der Waals surface area contributed by atoms with Gasteiger partial charge >= 0.3 is 0 Å². The summed E-state index contributed by atoms with van der Waals surface area (Å²) in [7, 11) is -3.68. The lowest BCUT2D eigenvalue weighted by Gasteiger charge is -2.10. The SMILES string of the molecule is Cc1ccc(NS(=O)(=O)c2ccc(CCC(=O)Nc3ccc(Oc4ccccc4)cc3)cc2)cc1. The van der Waals surface area contributed by atoms with Gasteiger partial charge in [-0.1, -0.05) is 48.0 Å². The van der Waals surface area contributed by atoms with Gasteiger partial charge in [0.25, 0.3) is 10.0 Å². The van der Waals surface area contributed by atoms with E-state index in [1.807, 2.05) is 49.4 Å². The Morgan fingerprint density at radius 1 is 0.743 bits per heavy atom. The number of hydrogen-bond donors (Lipinski definition) is 2. The van der Waals surface area contributed by atoms with Gasteiger partial charge in [-0.05, 0) is 79.6 Å². The van der Waals surface area contributed by atoms with E-state index in [0.717, 1.165) is 16.9 Å². The van der Waals surface area contributed by atoms with Crippen LogP contribution < -0.4 is 14.8 Å². The van der Waals surface area contributed by atoms with Crippen LogP contribution in [-0.4, -0.2) is 14.3 Å². The van der Waals surface area contributed by atoms with Crippen LogP contribution in [0.25, 0.3) is 0 Å².